The van der Waals surface area contributed by atoms with Gasteiger partial charge in [-0.25, -0.2) is 0 Å². The van der Waals surface area contributed by atoms with E-state index in [1.54, 1.807) is 23.1 Å². The highest BCUT2D eigenvalue weighted by Crippen LogP contribution is 2.34. The van der Waals surface area contributed by atoms with Crippen LogP contribution in [0.15, 0.2) is 18.2 Å². The molecule has 0 spiro atoms. The van der Waals surface area contributed by atoms with Crippen molar-refractivity contribution in [3.8, 4) is 11.5 Å². The molecule has 1 aromatic carbocycles. The second-order valence-electron chi connectivity index (χ2n) is 6.21. The van der Waals surface area contributed by atoms with Crippen molar-refractivity contribution in [3.05, 3.63) is 23.8 Å². The van der Waals surface area contributed by atoms with Crippen LogP contribution in [0.25, 0.3) is 0 Å². The fraction of sp³-hybridized carbons (Fsp3) is 0.529. The molecule has 7 heteroatoms. The van der Waals surface area contributed by atoms with Crippen LogP contribution in [0.5, 0.6) is 11.5 Å². The first kappa shape index (κ1) is 16.6. The highest BCUT2D eigenvalue weighted by molar-refractivity contribution is 5.95. The molecule has 130 valence electrons. The van der Waals surface area contributed by atoms with Crippen LogP contribution < -0.4 is 9.47 Å². The maximum atomic E-state index is 12.8. The first-order valence-electron chi connectivity index (χ1n) is 7.97. The number of methoxy groups -OCH3 is 1. The molecule has 2 aliphatic heterocycles. The van der Waals surface area contributed by atoms with E-state index >= 15 is 0 Å². The number of rotatable bonds is 4. The number of piperidine rings is 1. The summed E-state index contributed by atoms with van der Waals surface area (Å²) >= 11 is 0. The summed E-state index contributed by atoms with van der Waals surface area (Å²) in [6.07, 6.45) is 1.13. The number of ether oxygens (including phenoxy) is 3. The molecule has 24 heavy (non-hydrogen) atoms. The number of benzene rings is 1. The van der Waals surface area contributed by atoms with E-state index in [9.17, 15) is 14.7 Å². The summed E-state index contributed by atoms with van der Waals surface area (Å²) in [4.78, 5) is 26.1. The largest absolute Gasteiger partial charge is 0.486 e. The van der Waals surface area contributed by atoms with Gasteiger partial charge in [0, 0.05) is 25.8 Å². The lowest BCUT2D eigenvalue weighted by Gasteiger charge is -2.39. The molecular formula is C17H21NO6. The number of carboxylic acid groups (broad SMARTS) is 1. The topological polar surface area (TPSA) is 85.3 Å². The number of carboxylic acids is 1. The zero-order chi connectivity index (χ0) is 17.2. The molecule has 2 heterocycles. The van der Waals surface area contributed by atoms with Crippen molar-refractivity contribution < 1.29 is 28.9 Å². The van der Waals surface area contributed by atoms with Crippen molar-refractivity contribution in [2.75, 3.05) is 40.0 Å². The second kappa shape index (κ2) is 6.68. The van der Waals surface area contributed by atoms with Gasteiger partial charge in [0.15, 0.2) is 11.5 Å². The summed E-state index contributed by atoms with van der Waals surface area (Å²) in [7, 11) is 1.48. The Hall–Kier alpha value is -2.28. The molecule has 0 bridgehead atoms. The van der Waals surface area contributed by atoms with Gasteiger partial charge >= 0.3 is 5.97 Å². The average molecular weight is 335 g/mol. The monoisotopic (exact) mass is 335 g/mol. The summed E-state index contributed by atoms with van der Waals surface area (Å²) in [5, 5.41) is 9.59. The molecule has 1 N–H and O–H groups in total. The zero-order valence-electron chi connectivity index (χ0n) is 13.6. The lowest BCUT2D eigenvalue weighted by Crippen LogP contribution is -2.52. The second-order valence-corrected chi connectivity index (χ2v) is 6.21. The fourth-order valence-corrected chi connectivity index (χ4v) is 3.29. The standard InChI is InChI=1S/C17H21NO6/c1-22-11-17(16(20)21)5-2-6-18(10-17)15(19)12-3-4-13-14(9-12)24-8-7-23-13/h3-4,9H,2,5-8,10-11H2,1H3,(H,20,21). The van der Waals surface area contributed by atoms with E-state index in [0.29, 0.717) is 49.7 Å². The number of fused-ring (bicyclic) bond motifs is 1. The van der Waals surface area contributed by atoms with Crippen LogP contribution >= 0.6 is 0 Å². The molecule has 1 unspecified atom stereocenters. The van der Waals surface area contributed by atoms with Crippen molar-refractivity contribution in [3.63, 3.8) is 0 Å². The molecule has 1 amide bonds. The Morgan fingerprint density at radius 1 is 1.29 bits per heavy atom. The van der Waals surface area contributed by atoms with Crippen molar-refractivity contribution in [2.24, 2.45) is 5.41 Å². The Labute approximate surface area is 140 Å². The first-order valence-corrected chi connectivity index (χ1v) is 7.97. The molecule has 1 atom stereocenters. The average Bonchev–Trinajstić information content (AvgIpc) is 2.61. The van der Waals surface area contributed by atoms with Crippen molar-refractivity contribution in [1.82, 2.24) is 4.90 Å². The van der Waals surface area contributed by atoms with Crippen LogP contribution in [0.4, 0.5) is 0 Å². The van der Waals surface area contributed by atoms with E-state index in [1.807, 2.05) is 0 Å². The smallest absolute Gasteiger partial charge is 0.313 e. The molecule has 3 rings (SSSR count). The Kier molecular flexibility index (Phi) is 4.62. The van der Waals surface area contributed by atoms with Gasteiger partial charge in [-0.15, -0.1) is 0 Å². The molecule has 1 fully saturated rings. The minimum Gasteiger partial charge on any atom is -0.486 e. The number of carbonyl (C=O) groups excluding carboxylic acids is 1. The number of nitrogens with zero attached hydrogens (tertiary/aromatic N) is 1. The summed E-state index contributed by atoms with van der Waals surface area (Å²) in [6.45, 7) is 1.71. The number of likely N-dealkylation sites (tertiary alicyclic amines) is 1. The molecule has 0 saturated carbocycles. The van der Waals surface area contributed by atoms with E-state index in [-0.39, 0.29) is 19.1 Å². The molecule has 7 nitrogen and oxygen atoms in total. The molecule has 2 aliphatic rings. The van der Waals surface area contributed by atoms with Gasteiger partial charge in [0.2, 0.25) is 0 Å². The lowest BCUT2D eigenvalue weighted by molar-refractivity contribution is -0.155. The van der Waals surface area contributed by atoms with Gasteiger partial charge < -0.3 is 24.2 Å². The summed E-state index contributed by atoms with van der Waals surface area (Å²) in [5.74, 6) is 0.0404. The van der Waals surface area contributed by atoms with Crippen LogP contribution in [0.2, 0.25) is 0 Å². The predicted molar refractivity (Wildman–Crippen MR) is 84.5 cm³/mol. The minimum atomic E-state index is -1.05. The maximum Gasteiger partial charge on any atom is 0.313 e. The molecule has 0 aliphatic carbocycles. The van der Waals surface area contributed by atoms with Crippen molar-refractivity contribution >= 4 is 11.9 Å². The number of amides is 1. The predicted octanol–water partition coefficient (Wildman–Crippen LogP) is 1.41. The van der Waals surface area contributed by atoms with Crippen LogP contribution in [0.3, 0.4) is 0 Å². The van der Waals surface area contributed by atoms with Crippen molar-refractivity contribution in [2.45, 2.75) is 12.8 Å². The number of hydrogen-bond donors (Lipinski definition) is 1. The Bertz CT molecular complexity index is 642. The van der Waals surface area contributed by atoms with Crippen LogP contribution in [0, 0.1) is 5.41 Å². The maximum absolute atomic E-state index is 12.8. The molecular weight excluding hydrogens is 314 g/mol. The van der Waals surface area contributed by atoms with E-state index in [0.717, 1.165) is 0 Å². The fourth-order valence-electron chi connectivity index (χ4n) is 3.29. The Balaban J connectivity index is 1.80. The Morgan fingerprint density at radius 2 is 2.04 bits per heavy atom. The van der Waals surface area contributed by atoms with E-state index < -0.39 is 11.4 Å². The lowest BCUT2D eigenvalue weighted by atomic mass is 9.80. The number of aliphatic carboxylic acids is 1. The summed E-state index contributed by atoms with van der Waals surface area (Å²) < 4.78 is 16.1. The molecule has 0 aromatic heterocycles. The third-order valence-corrected chi connectivity index (χ3v) is 4.53. The van der Waals surface area contributed by atoms with Crippen molar-refractivity contribution in [1.29, 1.82) is 0 Å². The van der Waals surface area contributed by atoms with E-state index in [1.165, 1.54) is 7.11 Å². The zero-order valence-corrected chi connectivity index (χ0v) is 13.6. The highest BCUT2D eigenvalue weighted by Gasteiger charge is 2.44. The van der Waals surface area contributed by atoms with Crippen LogP contribution in [-0.4, -0.2) is 61.9 Å². The third-order valence-electron chi connectivity index (χ3n) is 4.53. The van der Waals surface area contributed by atoms with E-state index in [4.69, 9.17) is 14.2 Å². The SMILES string of the molecule is COCC1(C(=O)O)CCCN(C(=O)c2ccc3c(c2)OCCO3)C1. The van der Waals surface area contributed by atoms with Gasteiger partial charge in [-0.2, -0.15) is 0 Å². The van der Waals surface area contributed by atoms with Crippen LogP contribution in [0.1, 0.15) is 23.2 Å². The quantitative estimate of drug-likeness (QED) is 0.895. The third kappa shape index (κ3) is 3.03. The number of carbonyl (C=O) groups is 2. The first-order chi connectivity index (χ1) is 11.6. The van der Waals surface area contributed by atoms with Gasteiger partial charge in [0.25, 0.3) is 5.91 Å². The van der Waals surface area contributed by atoms with Gasteiger partial charge in [-0.05, 0) is 31.0 Å². The molecule has 1 aromatic rings. The normalized spacial score (nSPS) is 23.0. The summed E-state index contributed by atoms with van der Waals surface area (Å²) in [5.41, 5.74) is -0.575. The minimum absolute atomic E-state index is 0.0905. The summed E-state index contributed by atoms with van der Waals surface area (Å²) in [6, 6.07) is 5.05. The molecule has 0 radical (unpaired) electrons. The van der Waals surface area contributed by atoms with Gasteiger partial charge in [-0.1, -0.05) is 0 Å². The van der Waals surface area contributed by atoms with E-state index in [2.05, 4.69) is 0 Å². The number of hydrogen-bond acceptors (Lipinski definition) is 5. The highest BCUT2D eigenvalue weighted by atomic mass is 16.6. The molecule has 1 saturated heterocycles. The van der Waals surface area contributed by atoms with Crippen LogP contribution in [-0.2, 0) is 9.53 Å². The van der Waals surface area contributed by atoms with Gasteiger partial charge in [-0.3, -0.25) is 9.59 Å². The van der Waals surface area contributed by atoms with Gasteiger partial charge in [0.1, 0.15) is 18.6 Å². The Morgan fingerprint density at radius 3 is 2.75 bits per heavy atom. The van der Waals surface area contributed by atoms with Gasteiger partial charge in [0.05, 0.1) is 6.61 Å².